The number of benzene rings is 7. The maximum atomic E-state index is 14.5. The zero-order chi connectivity index (χ0) is 32.4. The molecule has 0 aliphatic rings. The van der Waals surface area contributed by atoms with Crippen LogP contribution in [0.1, 0.15) is 0 Å². The molecule has 0 saturated heterocycles. The first-order chi connectivity index (χ1) is 23.5. The summed E-state index contributed by atoms with van der Waals surface area (Å²) in [5.41, 5.74) is 6.76. The molecule has 0 N–H and O–H groups in total. The van der Waals surface area contributed by atoms with Gasteiger partial charge in [0, 0.05) is 60.1 Å². The zero-order valence-corrected chi connectivity index (χ0v) is 26.1. The van der Waals surface area contributed by atoms with Gasteiger partial charge in [0.2, 0.25) is 0 Å². The Kier molecular flexibility index (Phi) is 6.59. The van der Waals surface area contributed by atoms with Crippen LogP contribution in [0.2, 0.25) is 0 Å². The Bertz CT molecular complexity index is 2620. The van der Waals surface area contributed by atoms with Crippen molar-refractivity contribution in [2.24, 2.45) is 0 Å². The fraction of sp³-hybridized carbons (Fsp3) is 0. The van der Waals surface area contributed by atoms with E-state index in [4.69, 9.17) is 4.42 Å². The maximum Gasteiger partial charge on any atom is 0.136 e. The number of nitrogens with zero attached hydrogens (tertiary/aromatic N) is 1. The third-order valence-corrected chi connectivity index (χ3v) is 10.1. The lowest BCUT2D eigenvalue weighted by molar-refractivity contribution is 0.548. The van der Waals surface area contributed by atoms with Crippen LogP contribution in [0, 0.1) is 17.5 Å². The summed E-state index contributed by atoms with van der Waals surface area (Å²) in [6.45, 7) is 0. The van der Waals surface area contributed by atoms with Crippen molar-refractivity contribution >= 4 is 70.5 Å². The third kappa shape index (κ3) is 4.56. The molecular weight excluding hydrogens is 624 g/mol. The van der Waals surface area contributed by atoms with E-state index in [0.717, 1.165) is 50.1 Å². The molecular formula is C42H24F3NOS. The largest absolute Gasteiger partial charge is 0.456 e. The molecule has 0 aliphatic heterocycles. The number of hydrogen-bond acceptors (Lipinski definition) is 3. The zero-order valence-electron chi connectivity index (χ0n) is 25.3. The highest BCUT2D eigenvalue weighted by molar-refractivity contribution is 7.27. The molecule has 230 valence electrons. The summed E-state index contributed by atoms with van der Waals surface area (Å²) < 4.78 is 51.2. The summed E-state index contributed by atoms with van der Waals surface area (Å²) in [6, 6.07) is 45.6. The second-order valence-electron chi connectivity index (χ2n) is 11.7. The average molecular weight is 648 g/mol. The highest BCUT2D eigenvalue weighted by Crippen LogP contribution is 2.46. The topological polar surface area (TPSA) is 16.4 Å². The van der Waals surface area contributed by atoms with Gasteiger partial charge in [-0.25, -0.2) is 13.2 Å². The van der Waals surface area contributed by atoms with Crippen LogP contribution in [-0.4, -0.2) is 0 Å². The monoisotopic (exact) mass is 647 g/mol. The highest BCUT2D eigenvalue weighted by Gasteiger charge is 2.19. The number of halogens is 3. The molecule has 0 saturated carbocycles. The molecule has 0 atom stereocenters. The first-order valence-corrected chi connectivity index (χ1v) is 16.3. The predicted octanol–water partition coefficient (Wildman–Crippen LogP) is 13.2. The second-order valence-corrected chi connectivity index (χ2v) is 12.7. The van der Waals surface area contributed by atoms with E-state index < -0.39 is 17.5 Å². The van der Waals surface area contributed by atoms with Crippen molar-refractivity contribution in [3.05, 3.63) is 163 Å². The number of para-hydroxylation sites is 2. The molecule has 9 rings (SSSR count). The molecule has 48 heavy (non-hydrogen) atoms. The molecule has 0 unspecified atom stereocenters. The Labute approximate surface area is 277 Å². The van der Waals surface area contributed by atoms with Crippen LogP contribution in [0.3, 0.4) is 0 Å². The summed E-state index contributed by atoms with van der Waals surface area (Å²) in [5.74, 6) is -2.82. The fourth-order valence-corrected chi connectivity index (χ4v) is 8.09. The SMILES string of the molecule is Fc1cc(F)c(-c2ccc(N(c3ccccc3)c3ccc(-c4cccc5c4sc4c5ccc5oc6ccccc6c54)cc3)cc2)c(F)c1. The predicted molar refractivity (Wildman–Crippen MR) is 192 cm³/mol. The van der Waals surface area contributed by atoms with E-state index in [0.29, 0.717) is 17.7 Å². The number of anilines is 3. The van der Waals surface area contributed by atoms with Crippen LogP contribution < -0.4 is 4.90 Å². The Morgan fingerprint density at radius 2 is 1.08 bits per heavy atom. The fourth-order valence-electron chi connectivity index (χ4n) is 6.70. The first-order valence-electron chi connectivity index (χ1n) is 15.5. The lowest BCUT2D eigenvalue weighted by atomic mass is 10.0. The van der Waals surface area contributed by atoms with Crippen molar-refractivity contribution in [3.8, 4) is 22.3 Å². The van der Waals surface area contributed by atoms with E-state index in [9.17, 15) is 13.2 Å². The van der Waals surface area contributed by atoms with E-state index in [1.165, 1.54) is 20.2 Å². The Hall–Kier alpha value is -5.85. The molecule has 0 aliphatic carbocycles. The standard InChI is InChI=1S/C42H24F3NOS/c43-27-23-35(44)39(36(45)24-27)26-15-19-30(20-16-26)46(28-7-2-1-3-8-28)29-17-13-25(14-18-29)31-10-6-11-32-33-21-22-38-40(42(33)48-41(31)32)34-9-4-5-12-37(34)47-38/h1-24H. The van der Waals surface area contributed by atoms with Gasteiger partial charge in [-0.1, -0.05) is 78.9 Å². The van der Waals surface area contributed by atoms with Gasteiger partial charge in [-0.15, -0.1) is 11.3 Å². The van der Waals surface area contributed by atoms with Crippen molar-refractivity contribution in [3.63, 3.8) is 0 Å². The summed E-state index contributed by atoms with van der Waals surface area (Å²) in [5, 5.41) is 4.70. The molecule has 2 aromatic heterocycles. The molecule has 9 aromatic rings. The smallest absolute Gasteiger partial charge is 0.136 e. The molecule has 2 heterocycles. The number of furan rings is 1. The molecule has 0 radical (unpaired) electrons. The third-order valence-electron chi connectivity index (χ3n) is 8.88. The lowest BCUT2D eigenvalue weighted by Gasteiger charge is -2.26. The van der Waals surface area contributed by atoms with Crippen LogP contribution in [0.25, 0.3) is 64.4 Å². The van der Waals surface area contributed by atoms with Crippen LogP contribution in [0.4, 0.5) is 30.2 Å². The number of hydrogen-bond donors (Lipinski definition) is 0. The van der Waals surface area contributed by atoms with Crippen molar-refractivity contribution in [1.29, 1.82) is 0 Å². The van der Waals surface area contributed by atoms with Gasteiger partial charge in [0.25, 0.3) is 0 Å². The molecule has 2 nitrogen and oxygen atoms in total. The van der Waals surface area contributed by atoms with Gasteiger partial charge in [0.1, 0.15) is 28.6 Å². The van der Waals surface area contributed by atoms with E-state index in [1.807, 2.05) is 54.6 Å². The second kappa shape index (κ2) is 11.1. The molecule has 0 bridgehead atoms. The van der Waals surface area contributed by atoms with Crippen LogP contribution in [-0.2, 0) is 0 Å². The van der Waals surface area contributed by atoms with Crippen molar-refractivity contribution in [2.45, 2.75) is 0 Å². The number of rotatable bonds is 5. The lowest BCUT2D eigenvalue weighted by Crippen LogP contribution is -2.09. The minimum Gasteiger partial charge on any atom is -0.456 e. The van der Waals surface area contributed by atoms with Gasteiger partial charge in [0.15, 0.2) is 0 Å². The molecule has 0 amide bonds. The minimum absolute atomic E-state index is 0.254. The Morgan fingerprint density at radius 1 is 0.479 bits per heavy atom. The molecule has 6 heteroatoms. The van der Waals surface area contributed by atoms with Crippen LogP contribution in [0.5, 0.6) is 0 Å². The summed E-state index contributed by atoms with van der Waals surface area (Å²) in [7, 11) is 0. The molecule has 0 spiro atoms. The Morgan fingerprint density at radius 3 is 1.81 bits per heavy atom. The van der Waals surface area contributed by atoms with Crippen molar-refractivity contribution in [2.75, 3.05) is 4.90 Å². The Balaban J connectivity index is 1.13. The minimum atomic E-state index is -0.948. The maximum absolute atomic E-state index is 14.5. The van der Waals surface area contributed by atoms with Gasteiger partial charge in [-0.05, 0) is 71.3 Å². The van der Waals surface area contributed by atoms with Crippen LogP contribution in [0.15, 0.2) is 150 Å². The van der Waals surface area contributed by atoms with Gasteiger partial charge in [-0.3, -0.25) is 0 Å². The van der Waals surface area contributed by atoms with E-state index in [2.05, 4.69) is 71.6 Å². The van der Waals surface area contributed by atoms with E-state index >= 15 is 0 Å². The van der Waals surface area contributed by atoms with E-state index in [1.54, 1.807) is 23.5 Å². The van der Waals surface area contributed by atoms with Gasteiger partial charge in [0.05, 0.1) is 5.56 Å². The van der Waals surface area contributed by atoms with Gasteiger partial charge < -0.3 is 9.32 Å². The quantitative estimate of drug-likeness (QED) is 0.185. The highest BCUT2D eigenvalue weighted by atomic mass is 32.1. The molecule has 7 aromatic carbocycles. The number of thiophene rings is 1. The summed E-state index contributed by atoms with van der Waals surface area (Å²) in [4.78, 5) is 2.09. The van der Waals surface area contributed by atoms with Crippen molar-refractivity contribution in [1.82, 2.24) is 0 Å². The van der Waals surface area contributed by atoms with Crippen LogP contribution >= 0.6 is 11.3 Å². The normalized spacial score (nSPS) is 11.6. The van der Waals surface area contributed by atoms with Crippen molar-refractivity contribution < 1.29 is 17.6 Å². The summed E-state index contributed by atoms with van der Waals surface area (Å²) in [6.07, 6.45) is 0. The number of fused-ring (bicyclic) bond motifs is 7. The first kappa shape index (κ1) is 28.4. The summed E-state index contributed by atoms with van der Waals surface area (Å²) >= 11 is 1.79. The van der Waals surface area contributed by atoms with E-state index in [-0.39, 0.29) is 5.56 Å². The van der Waals surface area contributed by atoms with Gasteiger partial charge >= 0.3 is 0 Å². The average Bonchev–Trinajstić information content (AvgIpc) is 3.68. The van der Waals surface area contributed by atoms with Gasteiger partial charge in [-0.2, -0.15) is 0 Å². The molecule has 0 fully saturated rings.